The zero-order valence-electron chi connectivity index (χ0n) is 7.09. The molecule has 1 amide bonds. The molecule has 0 aliphatic rings. The Morgan fingerprint density at radius 1 is 1.82 bits per heavy atom. The van der Waals surface area contributed by atoms with Crippen molar-refractivity contribution in [2.75, 3.05) is 20.6 Å². The van der Waals surface area contributed by atoms with Gasteiger partial charge in [0.15, 0.2) is 6.19 Å². The van der Waals surface area contributed by atoms with Crippen LogP contribution >= 0.6 is 0 Å². The first-order valence-corrected chi connectivity index (χ1v) is 3.44. The van der Waals surface area contributed by atoms with Crippen molar-refractivity contribution in [3.63, 3.8) is 0 Å². The van der Waals surface area contributed by atoms with Gasteiger partial charge >= 0.3 is 0 Å². The minimum Gasteiger partial charge on any atom is -0.359 e. The fourth-order valence-corrected chi connectivity index (χ4v) is 0.781. The highest BCUT2D eigenvalue weighted by molar-refractivity contribution is 5.78. The quantitative estimate of drug-likeness (QED) is 0.453. The largest absolute Gasteiger partial charge is 0.359 e. The Morgan fingerprint density at radius 2 is 2.36 bits per heavy atom. The average molecular weight is 155 g/mol. The van der Waals surface area contributed by atoms with Crippen LogP contribution in [0.4, 0.5) is 0 Å². The summed E-state index contributed by atoms with van der Waals surface area (Å²) in [6, 6.07) is 0. The van der Waals surface area contributed by atoms with E-state index in [1.165, 1.54) is 4.90 Å². The van der Waals surface area contributed by atoms with Crippen molar-refractivity contribution < 1.29 is 4.79 Å². The molecule has 0 saturated carbocycles. The summed E-state index contributed by atoms with van der Waals surface area (Å²) in [4.78, 5) is 12.3. The van der Waals surface area contributed by atoms with Gasteiger partial charge in [0.2, 0.25) is 5.91 Å². The Labute approximate surface area is 66.8 Å². The molecule has 0 spiro atoms. The van der Waals surface area contributed by atoms with E-state index in [1.807, 2.05) is 6.19 Å². The maximum absolute atomic E-state index is 10.9. The molecule has 0 fully saturated rings. The number of nitrogens with zero attached hydrogens (tertiary/aromatic N) is 2. The summed E-state index contributed by atoms with van der Waals surface area (Å²) < 4.78 is 0. The third-order valence-corrected chi connectivity index (χ3v) is 1.41. The molecule has 4 nitrogen and oxygen atoms in total. The van der Waals surface area contributed by atoms with Crippen molar-refractivity contribution in [3.8, 4) is 6.19 Å². The lowest BCUT2D eigenvalue weighted by Crippen LogP contribution is -2.32. The molecule has 0 aromatic rings. The molecule has 0 aliphatic carbocycles. The maximum atomic E-state index is 10.9. The van der Waals surface area contributed by atoms with Gasteiger partial charge in [-0.15, -0.1) is 0 Å². The second-order valence-electron chi connectivity index (χ2n) is 2.50. The number of amides is 1. The molecule has 0 aromatic carbocycles. The molecule has 0 saturated heterocycles. The van der Waals surface area contributed by atoms with Crippen LogP contribution in [0.5, 0.6) is 0 Å². The number of hydrogen-bond acceptors (Lipinski definition) is 3. The first-order chi connectivity index (χ1) is 5.11. The molecule has 0 bridgehead atoms. The topological polar surface area (TPSA) is 56.1 Å². The van der Waals surface area contributed by atoms with Crippen LogP contribution in [0.25, 0.3) is 0 Å². The number of carbonyl (C=O) groups excluding carboxylic acids is 1. The number of rotatable bonds is 3. The van der Waals surface area contributed by atoms with Crippen molar-refractivity contribution in [2.45, 2.75) is 6.92 Å². The number of nitriles is 1. The predicted molar refractivity (Wildman–Crippen MR) is 41.5 cm³/mol. The Kier molecular flexibility index (Phi) is 4.04. The van der Waals surface area contributed by atoms with Crippen molar-refractivity contribution in [1.82, 2.24) is 10.2 Å². The van der Waals surface area contributed by atoms with E-state index in [9.17, 15) is 4.79 Å². The van der Waals surface area contributed by atoms with E-state index in [1.54, 1.807) is 21.0 Å². The minimum atomic E-state index is -0.135. The summed E-state index contributed by atoms with van der Waals surface area (Å²) in [5.41, 5.74) is 0. The Balaban J connectivity index is 3.79. The molecule has 11 heavy (non-hydrogen) atoms. The van der Waals surface area contributed by atoms with E-state index >= 15 is 0 Å². The molecule has 62 valence electrons. The molecule has 4 heteroatoms. The molecule has 0 aromatic heterocycles. The second kappa shape index (κ2) is 4.56. The molecule has 1 unspecified atom stereocenters. The third-order valence-electron chi connectivity index (χ3n) is 1.41. The summed E-state index contributed by atoms with van der Waals surface area (Å²) in [6.45, 7) is 2.25. The summed E-state index contributed by atoms with van der Waals surface area (Å²) in [6.07, 6.45) is 1.93. The molecule has 0 radical (unpaired) electrons. The predicted octanol–water partition coefficient (Wildman–Crippen LogP) is -0.219. The van der Waals surface area contributed by atoms with Crippen LogP contribution in [0.1, 0.15) is 6.92 Å². The SMILES string of the molecule is CNC(=O)C(C)CN(C)C#N. The van der Waals surface area contributed by atoms with Gasteiger partial charge in [-0.2, -0.15) is 5.26 Å². The molecule has 0 rings (SSSR count). The van der Waals surface area contributed by atoms with E-state index in [2.05, 4.69) is 5.32 Å². The van der Waals surface area contributed by atoms with Crippen molar-refractivity contribution in [3.05, 3.63) is 0 Å². The summed E-state index contributed by atoms with van der Waals surface area (Å²) in [5.74, 6) is -0.170. The van der Waals surface area contributed by atoms with Gasteiger partial charge in [-0.25, -0.2) is 0 Å². The lowest BCUT2D eigenvalue weighted by molar-refractivity contribution is -0.124. The zero-order valence-corrected chi connectivity index (χ0v) is 7.09. The number of hydrogen-bond donors (Lipinski definition) is 1. The molecule has 1 N–H and O–H groups in total. The van der Waals surface area contributed by atoms with Crippen LogP contribution in [0.2, 0.25) is 0 Å². The monoisotopic (exact) mass is 155 g/mol. The fraction of sp³-hybridized carbons (Fsp3) is 0.714. The van der Waals surface area contributed by atoms with Gasteiger partial charge in [-0.05, 0) is 0 Å². The molecule has 0 aliphatic heterocycles. The molecule has 0 heterocycles. The smallest absolute Gasteiger partial charge is 0.224 e. The first kappa shape index (κ1) is 9.76. The minimum absolute atomic E-state index is 0.0351. The highest BCUT2D eigenvalue weighted by Gasteiger charge is 2.11. The van der Waals surface area contributed by atoms with E-state index in [0.717, 1.165) is 0 Å². The average Bonchev–Trinajstić information content (AvgIpc) is 2.02. The van der Waals surface area contributed by atoms with Crippen LogP contribution in [-0.2, 0) is 4.79 Å². The van der Waals surface area contributed by atoms with Crippen molar-refractivity contribution in [1.29, 1.82) is 5.26 Å². The number of carbonyl (C=O) groups is 1. The van der Waals surface area contributed by atoms with Crippen molar-refractivity contribution >= 4 is 5.91 Å². The van der Waals surface area contributed by atoms with Gasteiger partial charge in [0.05, 0.1) is 5.92 Å². The highest BCUT2D eigenvalue weighted by Crippen LogP contribution is 1.95. The van der Waals surface area contributed by atoms with Gasteiger partial charge in [0.25, 0.3) is 0 Å². The Hall–Kier alpha value is -1.24. The van der Waals surface area contributed by atoms with E-state index in [-0.39, 0.29) is 11.8 Å². The summed E-state index contributed by atoms with van der Waals surface area (Å²) in [7, 11) is 3.24. The number of nitrogens with one attached hydrogen (secondary N) is 1. The molecular weight excluding hydrogens is 142 g/mol. The standard InChI is InChI=1S/C7H13N3O/c1-6(7(11)9-2)4-10(3)5-8/h6H,4H2,1-3H3,(H,9,11). The van der Waals surface area contributed by atoms with Crippen molar-refractivity contribution in [2.24, 2.45) is 5.92 Å². The summed E-state index contributed by atoms with van der Waals surface area (Å²) >= 11 is 0. The normalized spacial score (nSPS) is 11.5. The summed E-state index contributed by atoms with van der Waals surface area (Å²) in [5, 5.41) is 10.9. The van der Waals surface area contributed by atoms with Gasteiger partial charge < -0.3 is 10.2 Å². The maximum Gasteiger partial charge on any atom is 0.224 e. The van der Waals surface area contributed by atoms with Gasteiger partial charge in [-0.3, -0.25) is 4.79 Å². The Bertz CT molecular complexity index is 173. The fourth-order valence-electron chi connectivity index (χ4n) is 0.781. The molecular formula is C7H13N3O. The lowest BCUT2D eigenvalue weighted by atomic mass is 10.1. The lowest BCUT2D eigenvalue weighted by Gasteiger charge is -2.13. The van der Waals surface area contributed by atoms with Gasteiger partial charge in [0, 0.05) is 20.6 Å². The third kappa shape index (κ3) is 3.46. The van der Waals surface area contributed by atoms with E-state index in [4.69, 9.17) is 5.26 Å². The zero-order chi connectivity index (χ0) is 8.85. The van der Waals surface area contributed by atoms with E-state index < -0.39 is 0 Å². The van der Waals surface area contributed by atoms with Crippen LogP contribution in [0.15, 0.2) is 0 Å². The van der Waals surface area contributed by atoms with Crippen LogP contribution in [-0.4, -0.2) is 31.4 Å². The first-order valence-electron chi connectivity index (χ1n) is 3.44. The van der Waals surface area contributed by atoms with Crippen LogP contribution in [0, 0.1) is 17.4 Å². The van der Waals surface area contributed by atoms with E-state index in [0.29, 0.717) is 6.54 Å². The Morgan fingerprint density at radius 3 is 2.73 bits per heavy atom. The van der Waals surface area contributed by atoms with Gasteiger partial charge in [-0.1, -0.05) is 6.92 Å². The van der Waals surface area contributed by atoms with Gasteiger partial charge in [0.1, 0.15) is 0 Å². The van der Waals surface area contributed by atoms with Crippen LogP contribution < -0.4 is 5.32 Å². The van der Waals surface area contributed by atoms with Crippen LogP contribution in [0.3, 0.4) is 0 Å². The molecule has 1 atom stereocenters. The second-order valence-corrected chi connectivity index (χ2v) is 2.50. The highest BCUT2D eigenvalue weighted by atomic mass is 16.1.